The van der Waals surface area contributed by atoms with Gasteiger partial charge in [-0.2, -0.15) is 15.4 Å². The molecule has 5 rings (SSSR count). The van der Waals surface area contributed by atoms with E-state index in [2.05, 4.69) is 49.8 Å². The second kappa shape index (κ2) is 7.31. The number of carbonyl (C=O) groups excluding carboxylic acids is 1. The predicted molar refractivity (Wildman–Crippen MR) is 116 cm³/mol. The van der Waals surface area contributed by atoms with Crippen molar-refractivity contribution >= 4 is 34.0 Å². The maximum Gasteiger partial charge on any atom is 0.258 e. The number of rotatable bonds is 3. The predicted octanol–water partition coefficient (Wildman–Crippen LogP) is 2.49. The molecule has 4 heterocycles. The Kier molecular flexibility index (Phi) is 4.58. The third kappa shape index (κ3) is 3.48. The number of H-pyrrole nitrogens is 1. The van der Waals surface area contributed by atoms with Crippen LogP contribution in [0.4, 0.5) is 15.8 Å². The van der Waals surface area contributed by atoms with Crippen LogP contribution in [0.3, 0.4) is 0 Å². The maximum atomic E-state index is 14.4. The Hall–Kier alpha value is -3.53. The van der Waals surface area contributed by atoms with Crippen molar-refractivity contribution in [1.82, 2.24) is 30.1 Å². The fourth-order valence-corrected chi connectivity index (χ4v) is 4.33. The van der Waals surface area contributed by atoms with Crippen LogP contribution in [0.2, 0.25) is 0 Å². The molecule has 1 saturated heterocycles. The Morgan fingerprint density at radius 2 is 1.90 bits per heavy atom. The fourth-order valence-electron chi connectivity index (χ4n) is 4.33. The molecule has 1 amide bonds. The minimum absolute atomic E-state index is 0.221. The molecule has 3 N–H and O–H groups in total. The molecule has 0 aliphatic carbocycles. The first-order chi connectivity index (χ1) is 14.9. The molecule has 31 heavy (non-hydrogen) atoms. The number of nitrogens with zero attached hydrogens (tertiary/aromatic N) is 5. The van der Waals surface area contributed by atoms with Crippen LogP contribution in [-0.4, -0.2) is 55.9 Å². The number of hydrogen-bond acceptors (Lipinski definition) is 6. The summed E-state index contributed by atoms with van der Waals surface area (Å²) in [7, 11) is 0. The molecule has 9 nitrogen and oxygen atoms in total. The number of imidazole rings is 1. The number of benzene rings is 1. The molecule has 4 aromatic rings. The summed E-state index contributed by atoms with van der Waals surface area (Å²) in [5.74, 6) is -0.891. The largest absolute Gasteiger partial charge is 0.367 e. The molecular formula is C21H23FN8O. The van der Waals surface area contributed by atoms with Crippen LogP contribution < -0.4 is 15.5 Å². The molecule has 0 spiro atoms. The van der Waals surface area contributed by atoms with Gasteiger partial charge in [0, 0.05) is 43.6 Å². The minimum Gasteiger partial charge on any atom is -0.367 e. The van der Waals surface area contributed by atoms with E-state index in [1.807, 2.05) is 6.07 Å². The highest BCUT2D eigenvalue weighted by molar-refractivity contribution is 6.13. The smallest absolute Gasteiger partial charge is 0.258 e. The van der Waals surface area contributed by atoms with Gasteiger partial charge in [-0.3, -0.25) is 4.79 Å². The SMILES string of the molecule is Cc1cn2cc(NC(=O)c3ccc(N4CC(C)NC(C)C4)c4n[nH]nc34)cc(F)c2n1. The zero-order valence-electron chi connectivity index (χ0n) is 17.5. The monoisotopic (exact) mass is 422 g/mol. The number of aromatic amines is 1. The van der Waals surface area contributed by atoms with Crippen LogP contribution in [0, 0.1) is 12.7 Å². The molecule has 10 heteroatoms. The lowest BCUT2D eigenvalue weighted by molar-refractivity contribution is 0.102. The summed E-state index contributed by atoms with van der Waals surface area (Å²) in [6.45, 7) is 7.74. The van der Waals surface area contributed by atoms with E-state index >= 15 is 0 Å². The van der Waals surface area contributed by atoms with Crippen molar-refractivity contribution in [2.24, 2.45) is 0 Å². The number of pyridine rings is 1. The number of nitrogens with one attached hydrogen (secondary N) is 3. The summed E-state index contributed by atoms with van der Waals surface area (Å²) in [4.78, 5) is 19.4. The standard InChI is InChI=1S/C21H23FN8O/c1-11-7-29(8-12(2)23-11)17-5-4-15(18-19(17)27-28-26-18)21(31)25-14-6-16(22)20-24-13(3)9-30(20)10-14/h4-6,9-12,23H,7-8H2,1-3H3,(H,25,31)(H,26,27,28). The Morgan fingerprint density at radius 1 is 1.16 bits per heavy atom. The normalized spacial score (nSPS) is 19.3. The van der Waals surface area contributed by atoms with Crippen LogP contribution in [0.1, 0.15) is 29.9 Å². The van der Waals surface area contributed by atoms with Crippen molar-refractivity contribution in [3.8, 4) is 0 Å². The molecule has 1 aliphatic rings. The van der Waals surface area contributed by atoms with Gasteiger partial charge in [-0.1, -0.05) is 0 Å². The highest BCUT2D eigenvalue weighted by atomic mass is 19.1. The number of piperazine rings is 1. The van der Waals surface area contributed by atoms with E-state index in [1.165, 1.54) is 6.07 Å². The van der Waals surface area contributed by atoms with Gasteiger partial charge in [0.05, 0.1) is 22.6 Å². The van der Waals surface area contributed by atoms with Crippen LogP contribution in [-0.2, 0) is 0 Å². The lowest BCUT2D eigenvalue weighted by atomic mass is 10.1. The Balaban J connectivity index is 1.47. The summed E-state index contributed by atoms with van der Waals surface area (Å²) >= 11 is 0. The third-order valence-corrected chi connectivity index (χ3v) is 5.48. The zero-order valence-corrected chi connectivity index (χ0v) is 17.5. The van der Waals surface area contributed by atoms with Gasteiger partial charge in [0.2, 0.25) is 0 Å². The molecule has 0 bridgehead atoms. The molecule has 3 aromatic heterocycles. The van der Waals surface area contributed by atoms with Gasteiger partial charge in [-0.05, 0) is 32.9 Å². The van der Waals surface area contributed by atoms with E-state index in [0.717, 1.165) is 18.8 Å². The summed E-state index contributed by atoms with van der Waals surface area (Å²) in [5, 5.41) is 17.4. The molecule has 2 unspecified atom stereocenters. The molecule has 1 aromatic carbocycles. The number of aryl methyl sites for hydroxylation is 1. The first kappa shape index (κ1) is 19.4. The second-order valence-electron chi connectivity index (χ2n) is 8.17. The third-order valence-electron chi connectivity index (χ3n) is 5.48. The number of carbonyl (C=O) groups is 1. The number of halogens is 1. The van der Waals surface area contributed by atoms with E-state index in [4.69, 9.17) is 0 Å². The van der Waals surface area contributed by atoms with Crippen LogP contribution in [0.15, 0.2) is 30.6 Å². The number of aromatic nitrogens is 5. The lowest BCUT2D eigenvalue weighted by Gasteiger charge is -2.37. The van der Waals surface area contributed by atoms with Crippen LogP contribution in [0.25, 0.3) is 16.7 Å². The van der Waals surface area contributed by atoms with E-state index in [0.29, 0.717) is 40.1 Å². The first-order valence-corrected chi connectivity index (χ1v) is 10.2. The summed E-state index contributed by atoms with van der Waals surface area (Å²) in [5.41, 5.74) is 3.66. The van der Waals surface area contributed by atoms with Crippen LogP contribution >= 0.6 is 0 Å². The quantitative estimate of drug-likeness (QED) is 0.469. The van der Waals surface area contributed by atoms with E-state index in [1.54, 1.807) is 29.8 Å². The summed E-state index contributed by atoms with van der Waals surface area (Å²) in [6.07, 6.45) is 3.34. The first-order valence-electron chi connectivity index (χ1n) is 10.2. The Labute approximate surface area is 177 Å². The van der Waals surface area contributed by atoms with Crippen molar-refractivity contribution in [3.05, 3.63) is 47.7 Å². The number of hydrogen-bond donors (Lipinski definition) is 3. The minimum atomic E-state index is -0.505. The van der Waals surface area contributed by atoms with Gasteiger partial charge in [-0.25, -0.2) is 9.37 Å². The molecule has 160 valence electrons. The summed E-state index contributed by atoms with van der Waals surface area (Å²) < 4.78 is 15.9. The van der Waals surface area contributed by atoms with Crippen molar-refractivity contribution < 1.29 is 9.18 Å². The van der Waals surface area contributed by atoms with Gasteiger partial charge >= 0.3 is 0 Å². The molecule has 2 atom stereocenters. The van der Waals surface area contributed by atoms with Gasteiger partial charge in [-0.15, -0.1) is 0 Å². The topological polar surface area (TPSA) is 103 Å². The number of fused-ring (bicyclic) bond motifs is 2. The Morgan fingerprint density at radius 3 is 2.68 bits per heavy atom. The zero-order chi connectivity index (χ0) is 21.7. The van der Waals surface area contributed by atoms with Gasteiger partial charge in [0.25, 0.3) is 5.91 Å². The van der Waals surface area contributed by atoms with Gasteiger partial charge < -0.3 is 19.9 Å². The average Bonchev–Trinajstić information content (AvgIpc) is 3.33. The highest BCUT2D eigenvalue weighted by Crippen LogP contribution is 2.28. The molecule has 0 radical (unpaired) electrons. The molecule has 0 saturated carbocycles. The van der Waals surface area contributed by atoms with Crippen molar-refractivity contribution in [1.29, 1.82) is 0 Å². The van der Waals surface area contributed by atoms with E-state index < -0.39 is 5.82 Å². The lowest BCUT2D eigenvalue weighted by Crippen LogP contribution is -2.54. The van der Waals surface area contributed by atoms with Gasteiger partial charge in [0.1, 0.15) is 11.0 Å². The molecule has 1 fully saturated rings. The Bertz CT molecular complexity index is 1290. The van der Waals surface area contributed by atoms with E-state index in [-0.39, 0.29) is 11.6 Å². The van der Waals surface area contributed by atoms with Crippen molar-refractivity contribution in [2.75, 3.05) is 23.3 Å². The fraction of sp³-hybridized carbons (Fsp3) is 0.333. The average molecular weight is 422 g/mol. The van der Waals surface area contributed by atoms with E-state index in [9.17, 15) is 9.18 Å². The summed E-state index contributed by atoms with van der Waals surface area (Å²) in [6, 6.07) is 5.57. The number of anilines is 2. The van der Waals surface area contributed by atoms with Crippen LogP contribution in [0.5, 0.6) is 0 Å². The van der Waals surface area contributed by atoms with Crippen molar-refractivity contribution in [2.45, 2.75) is 32.9 Å². The molecular weight excluding hydrogens is 399 g/mol. The highest BCUT2D eigenvalue weighted by Gasteiger charge is 2.25. The molecule has 1 aliphatic heterocycles. The number of amides is 1. The maximum absolute atomic E-state index is 14.4. The van der Waals surface area contributed by atoms with Crippen molar-refractivity contribution in [3.63, 3.8) is 0 Å². The second-order valence-corrected chi connectivity index (χ2v) is 8.17. The van der Waals surface area contributed by atoms with Gasteiger partial charge in [0.15, 0.2) is 11.5 Å².